The zero-order chi connectivity index (χ0) is 48.8. The first-order chi connectivity index (χ1) is 33.0. The molecular formula is C61H111NO5. The third kappa shape index (κ3) is 49.8. The highest BCUT2D eigenvalue weighted by atomic mass is 16.5. The molecule has 0 aliphatic rings. The van der Waals surface area contributed by atoms with Crippen LogP contribution in [0.4, 0.5) is 0 Å². The van der Waals surface area contributed by atoms with Gasteiger partial charge < -0.3 is 20.3 Å². The molecule has 0 aliphatic heterocycles. The van der Waals surface area contributed by atoms with Crippen molar-refractivity contribution in [3.8, 4) is 0 Å². The van der Waals surface area contributed by atoms with E-state index in [2.05, 4.69) is 80.8 Å². The molecule has 0 radical (unpaired) electrons. The van der Waals surface area contributed by atoms with Gasteiger partial charge in [-0.15, -0.1) is 0 Å². The van der Waals surface area contributed by atoms with E-state index in [1.54, 1.807) is 0 Å². The van der Waals surface area contributed by atoms with Gasteiger partial charge in [0.05, 0.1) is 25.2 Å². The summed E-state index contributed by atoms with van der Waals surface area (Å²) >= 11 is 0. The van der Waals surface area contributed by atoms with Gasteiger partial charge in [0.2, 0.25) is 5.91 Å². The lowest BCUT2D eigenvalue weighted by atomic mass is 10.0. The average Bonchev–Trinajstić information content (AvgIpc) is 3.32. The third-order valence-electron chi connectivity index (χ3n) is 13.1. The first-order valence-corrected chi connectivity index (χ1v) is 29.0. The van der Waals surface area contributed by atoms with Gasteiger partial charge in [0.1, 0.15) is 6.10 Å². The standard InChI is InChI=1S/C61H111NO5/c1-4-7-10-13-16-19-22-25-28-29-30-33-36-39-42-45-48-51-54-61(66)67-57(52-49-46-43-40-37-34-31-26-23-20-17-14-11-8-5-2)55-60(65)62-58(56-63)59(64)53-50-47-44-41-38-35-32-27-24-21-18-15-12-9-6-3/h8,11,17,20,26,31,37,40,46,49,57-59,63-64H,4-7,9-10,12-16,18-19,21-25,27-30,32-36,38-39,41-45,47-48,50-56H2,1-3H3,(H,62,65)/b11-8-,20-17-,31-26-,40-37-,49-46-. The van der Waals surface area contributed by atoms with Crippen molar-refractivity contribution < 1.29 is 24.5 Å². The molecule has 0 saturated heterocycles. The molecule has 0 bridgehead atoms. The number of aliphatic hydroxyl groups is 2. The number of ether oxygens (including phenoxy) is 1. The molecule has 0 aromatic heterocycles. The summed E-state index contributed by atoms with van der Waals surface area (Å²) in [6.45, 7) is 6.37. The van der Waals surface area contributed by atoms with Gasteiger partial charge in [-0.2, -0.15) is 0 Å². The minimum Gasteiger partial charge on any atom is -0.461 e. The van der Waals surface area contributed by atoms with E-state index in [-0.39, 0.29) is 24.9 Å². The first kappa shape index (κ1) is 64.6. The van der Waals surface area contributed by atoms with Crippen LogP contribution in [0.1, 0.15) is 290 Å². The largest absolute Gasteiger partial charge is 0.461 e. The molecular weight excluding hydrogens is 827 g/mol. The van der Waals surface area contributed by atoms with Crippen molar-refractivity contribution in [3.05, 3.63) is 60.8 Å². The molecule has 0 aliphatic carbocycles. The minimum atomic E-state index is -0.813. The van der Waals surface area contributed by atoms with E-state index in [1.807, 2.05) is 6.08 Å². The Morgan fingerprint density at radius 1 is 0.448 bits per heavy atom. The lowest BCUT2D eigenvalue weighted by molar-refractivity contribution is -0.150. The van der Waals surface area contributed by atoms with Crippen molar-refractivity contribution in [2.75, 3.05) is 6.61 Å². The lowest BCUT2D eigenvalue weighted by Crippen LogP contribution is -2.46. The molecule has 67 heavy (non-hydrogen) atoms. The molecule has 0 aromatic carbocycles. The van der Waals surface area contributed by atoms with E-state index in [0.29, 0.717) is 19.3 Å². The predicted octanol–water partition coefficient (Wildman–Crippen LogP) is 18.0. The topological polar surface area (TPSA) is 95.9 Å². The highest BCUT2D eigenvalue weighted by molar-refractivity contribution is 5.77. The fourth-order valence-electron chi connectivity index (χ4n) is 8.75. The van der Waals surface area contributed by atoms with Crippen LogP contribution >= 0.6 is 0 Å². The number of nitrogens with one attached hydrogen (secondary N) is 1. The number of hydrogen-bond acceptors (Lipinski definition) is 5. The number of allylic oxidation sites excluding steroid dienone is 9. The number of carbonyl (C=O) groups is 2. The van der Waals surface area contributed by atoms with E-state index in [0.717, 1.165) is 70.6 Å². The van der Waals surface area contributed by atoms with Crippen LogP contribution in [-0.2, 0) is 14.3 Å². The summed E-state index contributed by atoms with van der Waals surface area (Å²) in [6, 6.07) is -0.732. The van der Waals surface area contributed by atoms with Crippen LogP contribution in [0.15, 0.2) is 60.8 Å². The molecule has 6 heteroatoms. The minimum absolute atomic E-state index is 0.00134. The Labute approximate surface area is 416 Å². The molecule has 0 spiro atoms. The van der Waals surface area contributed by atoms with Crippen molar-refractivity contribution in [1.82, 2.24) is 5.32 Å². The number of hydrogen-bond donors (Lipinski definition) is 3. The molecule has 3 atom stereocenters. The van der Waals surface area contributed by atoms with Gasteiger partial charge in [0.15, 0.2) is 0 Å². The molecule has 0 heterocycles. The van der Waals surface area contributed by atoms with E-state index in [4.69, 9.17) is 4.74 Å². The van der Waals surface area contributed by atoms with E-state index < -0.39 is 18.2 Å². The normalized spacial score (nSPS) is 13.6. The van der Waals surface area contributed by atoms with Crippen molar-refractivity contribution in [2.24, 2.45) is 0 Å². The van der Waals surface area contributed by atoms with Gasteiger partial charge in [-0.05, 0) is 44.9 Å². The second-order valence-corrected chi connectivity index (χ2v) is 19.7. The van der Waals surface area contributed by atoms with E-state index in [9.17, 15) is 19.8 Å². The number of amides is 1. The van der Waals surface area contributed by atoms with E-state index in [1.165, 1.54) is 173 Å². The zero-order valence-corrected chi connectivity index (χ0v) is 44.5. The molecule has 3 N–H and O–H groups in total. The molecule has 390 valence electrons. The van der Waals surface area contributed by atoms with Crippen molar-refractivity contribution >= 4 is 11.9 Å². The number of rotatable bonds is 52. The fraction of sp³-hybridized carbons (Fsp3) is 0.803. The number of carbonyl (C=O) groups excluding carboxylic acids is 2. The van der Waals surface area contributed by atoms with Crippen LogP contribution in [0.2, 0.25) is 0 Å². The van der Waals surface area contributed by atoms with Gasteiger partial charge >= 0.3 is 5.97 Å². The lowest BCUT2D eigenvalue weighted by Gasteiger charge is -2.24. The second-order valence-electron chi connectivity index (χ2n) is 19.7. The smallest absolute Gasteiger partial charge is 0.306 e. The second kappa shape index (κ2) is 54.5. The molecule has 0 rings (SSSR count). The Balaban J connectivity index is 4.62. The maximum atomic E-state index is 13.2. The van der Waals surface area contributed by atoms with Crippen LogP contribution in [0.25, 0.3) is 0 Å². The summed E-state index contributed by atoms with van der Waals surface area (Å²) < 4.78 is 5.90. The SMILES string of the molecule is CC/C=C\C/C=C\C/C=C\C/C=C\C/C=C\CC(CC(=O)NC(CO)C(O)CCCCCCCCCCCCCCCCC)OC(=O)CCCCCCCCCCCCCCCCCCCC. The van der Waals surface area contributed by atoms with Gasteiger partial charge in [0, 0.05) is 12.8 Å². The van der Waals surface area contributed by atoms with Crippen LogP contribution < -0.4 is 5.32 Å². The summed E-state index contributed by atoms with van der Waals surface area (Å²) in [5, 5.41) is 23.8. The molecule has 3 unspecified atom stereocenters. The van der Waals surface area contributed by atoms with Gasteiger partial charge in [-0.1, -0.05) is 287 Å². The first-order valence-electron chi connectivity index (χ1n) is 29.0. The van der Waals surface area contributed by atoms with E-state index >= 15 is 0 Å². The Bertz CT molecular complexity index is 1190. The maximum absolute atomic E-state index is 13.2. The number of unbranched alkanes of at least 4 members (excludes halogenated alkanes) is 31. The molecule has 0 saturated carbocycles. The summed E-state index contributed by atoms with van der Waals surface area (Å²) in [6.07, 6.45) is 68.8. The average molecular weight is 939 g/mol. The van der Waals surface area contributed by atoms with Crippen molar-refractivity contribution in [3.63, 3.8) is 0 Å². The maximum Gasteiger partial charge on any atom is 0.306 e. The van der Waals surface area contributed by atoms with Crippen LogP contribution in [-0.4, -0.2) is 46.9 Å². The summed E-state index contributed by atoms with van der Waals surface area (Å²) in [5.41, 5.74) is 0. The molecule has 6 nitrogen and oxygen atoms in total. The Kier molecular flexibility index (Phi) is 52.5. The monoisotopic (exact) mass is 938 g/mol. The molecule has 0 fully saturated rings. The van der Waals surface area contributed by atoms with Crippen LogP contribution in [0.5, 0.6) is 0 Å². The number of esters is 1. The third-order valence-corrected chi connectivity index (χ3v) is 13.1. The quantitative estimate of drug-likeness (QED) is 0.0321. The van der Waals surface area contributed by atoms with Crippen LogP contribution in [0.3, 0.4) is 0 Å². The Morgan fingerprint density at radius 2 is 0.776 bits per heavy atom. The van der Waals surface area contributed by atoms with Crippen molar-refractivity contribution in [2.45, 2.75) is 309 Å². The molecule has 1 amide bonds. The predicted molar refractivity (Wildman–Crippen MR) is 292 cm³/mol. The summed E-state index contributed by atoms with van der Waals surface area (Å²) in [7, 11) is 0. The Morgan fingerprint density at radius 3 is 1.13 bits per heavy atom. The fourth-order valence-corrected chi connectivity index (χ4v) is 8.75. The van der Waals surface area contributed by atoms with Crippen molar-refractivity contribution in [1.29, 1.82) is 0 Å². The number of aliphatic hydroxyl groups excluding tert-OH is 2. The highest BCUT2D eigenvalue weighted by Gasteiger charge is 2.23. The van der Waals surface area contributed by atoms with Gasteiger partial charge in [0.25, 0.3) is 0 Å². The molecule has 0 aromatic rings. The van der Waals surface area contributed by atoms with Crippen LogP contribution in [0, 0.1) is 0 Å². The van der Waals surface area contributed by atoms with Gasteiger partial charge in [-0.25, -0.2) is 0 Å². The summed E-state index contributed by atoms with van der Waals surface area (Å²) in [5.74, 6) is -0.568. The zero-order valence-electron chi connectivity index (χ0n) is 44.5. The summed E-state index contributed by atoms with van der Waals surface area (Å²) in [4.78, 5) is 26.2. The highest BCUT2D eigenvalue weighted by Crippen LogP contribution is 2.18. The van der Waals surface area contributed by atoms with Gasteiger partial charge in [-0.3, -0.25) is 9.59 Å². The Hall–Kier alpha value is -2.44.